The number of amides is 1. The molecule has 0 unspecified atom stereocenters. The van der Waals surface area contributed by atoms with Crippen molar-refractivity contribution in [1.29, 1.82) is 0 Å². The first-order valence-corrected chi connectivity index (χ1v) is 5.08. The summed E-state index contributed by atoms with van der Waals surface area (Å²) in [5, 5.41) is 1.44. The van der Waals surface area contributed by atoms with Gasteiger partial charge >= 0.3 is 0 Å². The zero-order valence-electron chi connectivity index (χ0n) is 9.06. The number of rotatable bonds is 3. The zero-order valence-corrected chi connectivity index (χ0v) is 9.06. The maximum atomic E-state index is 11.5. The summed E-state index contributed by atoms with van der Waals surface area (Å²) < 4.78 is 0. The van der Waals surface area contributed by atoms with Crippen LogP contribution in [0.25, 0.3) is 0 Å². The van der Waals surface area contributed by atoms with Gasteiger partial charge < -0.3 is 0 Å². The van der Waals surface area contributed by atoms with Crippen LogP contribution >= 0.6 is 0 Å². The number of β-lactam (4-membered cyclic amide) rings is 1. The van der Waals surface area contributed by atoms with E-state index in [1.807, 2.05) is 44.2 Å². The Balaban J connectivity index is 1.84. The van der Waals surface area contributed by atoms with Crippen LogP contribution in [0.5, 0.6) is 0 Å². The van der Waals surface area contributed by atoms with E-state index in [1.54, 1.807) is 0 Å². The standard InChI is InChI=1S/C12H15NO2/c1-12(2)9-13(11(12)14)15-8-10-6-4-3-5-7-10/h3-7H,8-9H2,1-2H3. The first kappa shape index (κ1) is 10.2. The van der Waals surface area contributed by atoms with Gasteiger partial charge in [0, 0.05) is 0 Å². The van der Waals surface area contributed by atoms with Crippen molar-refractivity contribution in [3.63, 3.8) is 0 Å². The largest absolute Gasteiger partial charge is 0.272 e. The van der Waals surface area contributed by atoms with E-state index in [0.29, 0.717) is 13.2 Å². The molecule has 1 heterocycles. The molecule has 1 aromatic rings. The van der Waals surface area contributed by atoms with Crippen LogP contribution in [-0.2, 0) is 16.2 Å². The Morgan fingerprint density at radius 3 is 2.53 bits per heavy atom. The van der Waals surface area contributed by atoms with Crippen molar-refractivity contribution in [3.05, 3.63) is 35.9 Å². The van der Waals surface area contributed by atoms with Crippen molar-refractivity contribution >= 4 is 5.91 Å². The lowest BCUT2D eigenvalue weighted by Crippen LogP contribution is -2.57. The second-order valence-corrected chi connectivity index (χ2v) is 4.48. The molecule has 15 heavy (non-hydrogen) atoms. The highest BCUT2D eigenvalue weighted by Gasteiger charge is 2.45. The molecule has 0 saturated carbocycles. The third kappa shape index (κ3) is 2.02. The zero-order chi connectivity index (χ0) is 10.9. The Bertz CT molecular complexity index is 359. The number of carbonyl (C=O) groups is 1. The first-order valence-electron chi connectivity index (χ1n) is 5.08. The SMILES string of the molecule is CC1(C)CN(OCc2ccccc2)C1=O. The lowest BCUT2D eigenvalue weighted by molar-refractivity contribution is -0.238. The van der Waals surface area contributed by atoms with Gasteiger partial charge in [-0.3, -0.25) is 9.63 Å². The van der Waals surface area contributed by atoms with E-state index in [4.69, 9.17) is 4.84 Å². The summed E-state index contributed by atoms with van der Waals surface area (Å²) in [5.41, 5.74) is 0.839. The molecule has 1 saturated heterocycles. The summed E-state index contributed by atoms with van der Waals surface area (Å²) in [7, 11) is 0. The van der Waals surface area contributed by atoms with E-state index in [1.165, 1.54) is 5.06 Å². The minimum Gasteiger partial charge on any atom is -0.272 e. The minimum absolute atomic E-state index is 0.0680. The maximum absolute atomic E-state index is 11.5. The predicted octanol–water partition coefficient (Wildman–Crippen LogP) is 1.99. The van der Waals surface area contributed by atoms with Crippen LogP contribution in [0, 0.1) is 5.41 Å². The van der Waals surface area contributed by atoms with Gasteiger partial charge in [0.2, 0.25) is 0 Å². The van der Waals surface area contributed by atoms with Crippen molar-refractivity contribution in [2.24, 2.45) is 5.41 Å². The van der Waals surface area contributed by atoms with Gasteiger partial charge in [0.25, 0.3) is 5.91 Å². The molecule has 0 atom stereocenters. The highest BCUT2D eigenvalue weighted by atomic mass is 16.7. The van der Waals surface area contributed by atoms with Crippen LogP contribution in [0.15, 0.2) is 30.3 Å². The average Bonchev–Trinajstić information content (AvgIpc) is 2.25. The molecule has 0 bridgehead atoms. The Labute approximate surface area is 89.6 Å². The highest BCUT2D eigenvalue weighted by molar-refractivity contribution is 5.86. The summed E-state index contributed by atoms with van der Waals surface area (Å²) >= 11 is 0. The molecule has 0 radical (unpaired) electrons. The number of nitrogens with zero attached hydrogens (tertiary/aromatic N) is 1. The monoisotopic (exact) mass is 205 g/mol. The van der Waals surface area contributed by atoms with Crippen LogP contribution in [-0.4, -0.2) is 17.5 Å². The molecule has 0 aliphatic carbocycles. The Hall–Kier alpha value is -1.35. The summed E-state index contributed by atoms with van der Waals surface area (Å²) in [6.45, 7) is 5.00. The van der Waals surface area contributed by atoms with Crippen LogP contribution in [0.2, 0.25) is 0 Å². The molecule has 1 aromatic carbocycles. The van der Waals surface area contributed by atoms with Crippen molar-refractivity contribution in [3.8, 4) is 0 Å². The molecule has 0 N–H and O–H groups in total. The first-order chi connectivity index (χ1) is 7.09. The van der Waals surface area contributed by atoms with E-state index in [-0.39, 0.29) is 11.3 Å². The molecule has 1 amide bonds. The minimum atomic E-state index is -0.239. The molecule has 0 aromatic heterocycles. The molecule has 3 nitrogen and oxygen atoms in total. The average molecular weight is 205 g/mol. The van der Waals surface area contributed by atoms with Gasteiger partial charge in [-0.25, -0.2) is 5.06 Å². The van der Waals surface area contributed by atoms with E-state index in [2.05, 4.69) is 0 Å². The second kappa shape index (κ2) is 3.66. The van der Waals surface area contributed by atoms with Crippen LogP contribution < -0.4 is 0 Å². The summed E-state index contributed by atoms with van der Waals surface area (Å²) in [6.07, 6.45) is 0. The third-order valence-corrected chi connectivity index (χ3v) is 2.57. The Morgan fingerprint density at radius 1 is 1.33 bits per heavy atom. The van der Waals surface area contributed by atoms with Crippen LogP contribution in [0.1, 0.15) is 19.4 Å². The topological polar surface area (TPSA) is 29.5 Å². The van der Waals surface area contributed by atoms with Gasteiger partial charge in [-0.2, -0.15) is 0 Å². The number of hydroxylamine groups is 2. The van der Waals surface area contributed by atoms with Gasteiger partial charge in [0.05, 0.1) is 12.0 Å². The Kier molecular flexibility index (Phi) is 2.49. The Morgan fingerprint density at radius 2 is 2.00 bits per heavy atom. The van der Waals surface area contributed by atoms with Crippen molar-refractivity contribution in [1.82, 2.24) is 5.06 Å². The molecule has 1 fully saturated rings. The molecular weight excluding hydrogens is 190 g/mol. The third-order valence-electron chi connectivity index (χ3n) is 2.57. The smallest absolute Gasteiger partial charge is 0.253 e. The quantitative estimate of drug-likeness (QED) is 0.706. The molecule has 2 rings (SSSR count). The lowest BCUT2D eigenvalue weighted by atomic mass is 9.85. The fraction of sp³-hybridized carbons (Fsp3) is 0.417. The van der Waals surface area contributed by atoms with Gasteiger partial charge in [0.15, 0.2) is 0 Å². The van der Waals surface area contributed by atoms with Gasteiger partial charge in [0.1, 0.15) is 6.61 Å². The number of hydrogen-bond donors (Lipinski definition) is 0. The number of carbonyl (C=O) groups excluding carboxylic acids is 1. The summed E-state index contributed by atoms with van der Waals surface area (Å²) in [4.78, 5) is 16.9. The van der Waals surface area contributed by atoms with Crippen molar-refractivity contribution < 1.29 is 9.63 Å². The van der Waals surface area contributed by atoms with E-state index < -0.39 is 0 Å². The van der Waals surface area contributed by atoms with Gasteiger partial charge in [-0.05, 0) is 19.4 Å². The fourth-order valence-corrected chi connectivity index (χ4v) is 1.58. The van der Waals surface area contributed by atoms with E-state index in [0.717, 1.165) is 5.56 Å². The molecule has 80 valence electrons. The lowest BCUT2D eigenvalue weighted by Gasteiger charge is -2.42. The van der Waals surface area contributed by atoms with E-state index >= 15 is 0 Å². The van der Waals surface area contributed by atoms with Crippen LogP contribution in [0.3, 0.4) is 0 Å². The van der Waals surface area contributed by atoms with Gasteiger partial charge in [-0.1, -0.05) is 30.3 Å². The highest BCUT2D eigenvalue weighted by Crippen LogP contribution is 2.30. The molecule has 3 heteroatoms. The molecular formula is C12H15NO2. The maximum Gasteiger partial charge on any atom is 0.253 e. The second-order valence-electron chi connectivity index (χ2n) is 4.48. The van der Waals surface area contributed by atoms with Gasteiger partial charge in [-0.15, -0.1) is 0 Å². The van der Waals surface area contributed by atoms with E-state index in [9.17, 15) is 4.79 Å². The summed E-state index contributed by atoms with van der Waals surface area (Å²) in [6, 6.07) is 9.84. The predicted molar refractivity (Wildman–Crippen MR) is 56.7 cm³/mol. The summed E-state index contributed by atoms with van der Waals surface area (Å²) in [5.74, 6) is 0.0680. The van der Waals surface area contributed by atoms with Crippen molar-refractivity contribution in [2.45, 2.75) is 20.5 Å². The normalized spacial score (nSPS) is 18.8. The van der Waals surface area contributed by atoms with Crippen LogP contribution in [0.4, 0.5) is 0 Å². The molecule has 0 spiro atoms. The molecule has 1 aliphatic heterocycles. The number of hydrogen-bond acceptors (Lipinski definition) is 2. The van der Waals surface area contributed by atoms with Crippen molar-refractivity contribution in [2.75, 3.05) is 6.54 Å². The fourth-order valence-electron chi connectivity index (χ4n) is 1.58. The number of benzene rings is 1. The molecule has 1 aliphatic rings.